The fourth-order valence-electron chi connectivity index (χ4n) is 3.57. The summed E-state index contributed by atoms with van der Waals surface area (Å²) in [5.74, 6) is 1.31. The van der Waals surface area contributed by atoms with E-state index < -0.39 is 0 Å². The number of fused-ring (bicyclic) bond motifs is 2. The Bertz CT molecular complexity index is 457. The lowest BCUT2D eigenvalue weighted by Gasteiger charge is -2.23. The first-order chi connectivity index (χ1) is 8.70. The van der Waals surface area contributed by atoms with Gasteiger partial charge in [-0.1, -0.05) is 6.07 Å². The van der Waals surface area contributed by atoms with E-state index in [0.29, 0.717) is 23.9 Å². The van der Waals surface area contributed by atoms with Crippen LogP contribution in [0.3, 0.4) is 0 Å². The molecule has 2 fully saturated rings. The van der Waals surface area contributed by atoms with E-state index in [1.165, 1.54) is 5.56 Å². The van der Waals surface area contributed by atoms with Crippen LogP contribution >= 0.6 is 0 Å². The van der Waals surface area contributed by atoms with Gasteiger partial charge in [-0.25, -0.2) is 4.98 Å². The molecule has 2 unspecified atom stereocenters. The summed E-state index contributed by atoms with van der Waals surface area (Å²) < 4.78 is 5.08. The third-order valence-electron chi connectivity index (χ3n) is 4.30. The van der Waals surface area contributed by atoms with Crippen molar-refractivity contribution in [3.63, 3.8) is 0 Å². The minimum atomic E-state index is 0.214. The van der Waals surface area contributed by atoms with Crippen molar-refractivity contribution in [1.82, 2.24) is 9.88 Å². The summed E-state index contributed by atoms with van der Waals surface area (Å²) in [4.78, 5) is 18.0. The maximum absolute atomic E-state index is 11.7. The van der Waals surface area contributed by atoms with Gasteiger partial charge in [0, 0.05) is 37.2 Å². The number of methoxy groups -OCH3 is 1. The molecule has 4 heteroatoms. The zero-order valence-corrected chi connectivity index (χ0v) is 10.8. The molecule has 0 radical (unpaired) electrons. The van der Waals surface area contributed by atoms with Gasteiger partial charge < -0.3 is 9.64 Å². The van der Waals surface area contributed by atoms with Gasteiger partial charge in [-0.05, 0) is 24.8 Å². The summed E-state index contributed by atoms with van der Waals surface area (Å²) in [5.41, 5.74) is 1.23. The fraction of sp³-hybridized carbons (Fsp3) is 0.571. The molecule has 96 valence electrons. The average molecular weight is 246 g/mol. The predicted molar refractivity (Wildman–Crippen MR) is 67.5 cm³/mol. The Balaban J connectivity index is 1.84. The van der Waals surface area contributed by atoms with Gasteiger partial charge in [-0.15, -0.1) is 0 Å². The number of ether oxygens (including phenoxy) is 1. The monoisotopic (exact) mass is 246 g/mol. The summed E-state index contributed by atoms with van der Waals surface area (Å²) in [7, 11) is 1.62. The fourth-order valence-corrected chi connectivity index (χ4v) is 3.57. The van der Waals surface area contributed by atoms with Gasteiger partial charge >= 0.3 is 0 Å². The molecule has 1 aromatic rings. The summed E-state index contributed by atoms with van der Waals surface area (Å²) in [5, 5.41) is 0. The quantitative estimate of drug-likeness (QED) is 0.801. The highest BCUT2D eigenvalue weighted by molar-refractivity contribution is 5.75. The molecule has 3 rings (SSSR count). The van der Waals surface area contributed by atoms with Crippen LogP contribution in [-0.2, 0) is 4.79 Å². The smallest absolute Gasteiger partial charge is 0.219 e. The molecule has 4 nitrogen and oxygen atoms in total. The molecule has 0 aromatic carbocycles. The second kappa shape index (κ2) is 4.26. The number of carbonyl (C=O) groups is 1. The van der Waals surface area contributed by atoms with Crippen LogP contribution in [0.15, 0.2) is 18.3 Å². The molecule has 0 saturated carbocycles. The number of carbonyl (C=O) groups excluding carboxylic acids is 1. The van der Waals surface area contributed by atoms with E-state index in [9.17, 15) is 4.79 Å². The van der Waals surface area contributed by atoms with Gasteiger partial charge in [0.05, 0.1) is 7.11 Å². The number of nitrogens with zero attached hydrogens (tertiary/aromatic N) is 2. The molecule has 1 aromatic heterocycles. The van der Waals surface area contributed by atoms with E-state index in [-0.39, 0.29) is 5.91 Å². The maximum Gasteiger partial charge on any atom is 0.219 e. The average Bonchev–Trinajstić information content (AvgIpc) is 2.96. The molecule has 0 aliphatic carbocycles. The topological polar surface area (TPSA) is 42.4 Å². The van der Waals surface area contributed by atoms with Crippen molar-refractivity contribution < 1.29 is 9.53 Å². The van der Waals surface area contributed by atoms with Crippen LogP contribution in [0.25, 0.3) is 0 Å². The molecule has 1 amide bonds. The molecule has 2 aliphatic heterocycles. The molecule has 3 heterocycles. The van der Waals surface area contributed by atoms with Crippen LogP contribution in [-0.4, -0.2) is 35.0 Å². The molecule has 2 aliphatic rings. The van der Waals surface area contributed by atoms with Gasteiger partial charge in [0.2, 0.25) is 11.8 Å². The van der Waals surface area contributed by atoms with Crippen molar-refractivity contribution in [2.75, 3.05) is 7.11 Å². The van der Waals surface area contributed by atoms with Gasteiger partial charge in [-0.2, -0.15) is 0 Å². The predicted octanol–water partition coefficient (Wildman–Crippen LogP) is 1.96. The Morgan fingerprint density at radius 2 is 2.28 bits per heavy atom. The van der Waals surface area contributed by atoms with Crippen molar-refractivity contribution in [2.45, 2.75) is 44.2 Å². The Hall–Kier alpha value is -1.58. The highest BCUT2D eigenvalue weighted by atomic mass is 16.5. The lowest BCUT2D eigenvalue weighted by molar-refractivity contribution is -0.130. The maximum atomic E-state index is 11.7. The number of hydrogen-bond acceptors (Lipinski definition) is 3. The molecule has 2 saturated heterocycles. The Morgan fingerprint density at radius 1 is 1.44 bits per heavy atom. The summed E-state index contributed by atoms with van der Waals surface area (Å²) in [6.07, 6.45) is 5.26. The third-order valence-corrected chi connectivity index (χ3v) is 4.30. The summed E-state index contributed by atoms with van der Waals surface area (Å²) in [6, 6.07) is 4.80. The third kappa shape index (κ3) is 1.67. The van der Waals surface area contributed by atoms with Crippen LogP contribution in [0.4, 0.5) is 0 Å². The van der Waals surface area contributed by atoms with Crippen LogP contribution in [0.2, 0.25) is 0 Å². The van der Waals surface area contributed by atoms with E-state index >= 15 is 0 Å². The second-order valence-electron chi connectivity index (χ2n) is 5.20. The number of hydrogen-bond donors (Lipinski definition) is 0. The number of aromatic nitrogens is 1. The van der Waals surface area contributed by atoms with Crippen molar-refractivity contribution in [3.8, 4) is 5.88 Å². The minimum Gasteiger partial charge on any atom is -0.481 e. The van der Waals surface area contributed by atoms with Gasteiger partial charge in [0.1, 0.15) is 0 Å². The number of amides is 1. The number of pyridine rings is 1. The Labute approximate surface area is 107 Å². The first-order valence-electron chi connectivity index (χ1n) is 6.49. The van der Waals surface area contributed by atoms with Gasteiger partial charge in [0.25, 0.3) is 0 Å². The zero-order valence-electron chi connectivity index (χ0n) is 10.8. The molecule has 3 atom stereocenters. The molecule has 2 bridgehead atoms. The lowest BCUT2D eigenvalue weighted by Crippen LogP contribution is -2.34. The Morgan fingerprint density at radius 3 is 2.83 bits per heavy atom. The first-order valence-corrected chi connectivity index (χ1v) is 6.49. The number of rotatable bonds is 2. The van der Waals surface area contributed by atoms with E-state index in [1.807, 2.05) is 12.3 Å². The highest BCUT2D eigenvalue weighted by Crippen LogP contribution is 2.46. The Kier molecular flexibility index (Phi) is 2.73. The molecule has 18 heavy (non-hydrogen) atoms. The van der Waals surface area contributed by atoms with Crippen LogP contribution in [0.5, 0.6) is 5.88 Å². The van der Waals surface area contributed by atoms with Crippen LogP contribution < -0.4 is 4.74 Å². The highest BCUT2D eigenvalue weighted by Gasteiger charge is 2.47. The standard InChI is InChI=1S/C14H18N2O2/c1-9(17)16-11-4-5-13(16)12(7-11)10-3-6-14(18-2)15-8-10/h3,6,8,11-13H,4-5,7H2,1-2H3/t11?,12-,13?/m1/s1. The molecular formula is C14H18N2O2. The molecule has 0 spiro atoms. The second-order valence-corrected chi connectivity index (χ2v) is 5.20. The van der Waals surface area contributed by atoms with Crippen molar-refractivity contribution in [2.24, 2.45) is 0 Å². The normalized spacial score (nSPS) is 29.7. The summed E-state index contributed by atoms with van der Waals surface area (Å²) >= 11 is 0. The van der Waals surface area contributed by atoms with Crippen molar-refractivity contribution >= 4 is 5.91 Å². The van der Waals surface area contributed by atoms with Gasteiger partial charge in [-0.3, -0.25) is 4.79 Å². The van der Waals surface area contributed by atoms with E-state index in [4.69, 9.17) is 4.74 Å². The molecule has 0 N–H and O–H groups in total. The van der Waals surface area contributed by atoms with Crippen molar-refractivity contribution in [3.05, 3.63) is 23.9 Å². The zero-order chi connectivity index (χ0) is 12.7. The first kappa shape index (κ1) is 11.5. The van der Waals surface area contributed by atoms with E-state index in [2.05, 4.69) is 16.0 Å². The minimum absolute atomic E-state index is 0.214. The van der Waals surface area contributed by atoms with Gasteiger partial charge in [0.15, 0.2) is 0 Å². The SMILES string of the molecule is COc1ccc([C@H]2CC3CCC2N3C(C)=O)cn1. The lowest BCUT2D eigenvalue weighted by atomic mass is 9.85. The van der Waals surface area contributed by atoms with Crippen LogP contribution in [0, 0.1) is 0 Å². The molecular weight excluding hydrogens is 228 g/mol. The summed E-state index contributed by atoms with van der Waals surface area (Å²) in [6.45, 7) is 1.68. The van der Waals surface area contributed by atoms with E-state index in [1.54, 1.807) is 14.0 Å². The van der Waals surface area contributed by atoms with Crippen molar-refractivity contribution in [1.29, 1.82) is 0 Å². The van der Waals surface area contributed by atoms with E-state index in [0.717, 1.165) is 19.3 Å². The van der Waals surface area contributed by atoms with Crippen LogP contribution in [0.1, 0.15) is 37.7 Å². The largest absolute Gasteiger partial charge is 0.481 e.